The number of hydrogen-bond donors (Lipinski definition) is 0. The van der Waals surface area contributed by atoms with Crippen molar-refractivity contribution < 1.29 is 14.3 Å². The van der Waals surface area contributed by atoms with Gasteiger partial charge in [-0.2, -0.15) is 0 Å². The molecule has 0 saturated carbocycles. The second-order valence-electron chi connectivity index (χ2n) is 5.09. The van der Waals surface area contributed by atoms with Crippen LogP contribution in [0.25, 0.3) is 0 Å². The number of ether oxygens (including phenoxy) is 1. The van der Waals surface area contributed by atoms with E-state index < -0.39 is 0 Å². The molecule has 2 aromatic rings. The molecule has 0 saturated heterocycles. The first-order chi connectivity index (χ1) is 11.0. The number of anilines is 2. The highest BCUT2D eigenvalue weighted by molar-refractivity contribution is 6.02. The molecule has 5 heteroatoms. The van der Waals surface area contributed by atoms with E-state index in [1.165, 1.54) is 16.7 Å². The summed E-state index contributed by atoms with van der Waals surface area (Å²) in [4.78, 5) is 27.4. The summed E-state index contributed by atoms with van der Waals surface area (Å²) in [6.07, 6.45) is 0. The van der Waals surface area contributed by atoms with Crippen molar-refractivity contribution in [1.82, 2.24) is 0 Å². The van der Waals surface area contributed by atoms with Crippen molar-refractivity contribution in [1.29, 1.82) is 0 Å². The van der Waals surface area contributed by atoms with Gasteiger partial charge in [-0.1, -0.05) is 24.3 Å². The average molecular weight is 312 g/mol. The molecule has 0 unspecified atom stereocenters. The molecule has 0 atom stereocenters. The molecular formula is C18H20N2O3. The minimum atomic E-state index is -0.201. The normalized spacial score (nSPS) is 10.0. The smallest absolute Gasteiger partial charge is 0.246 e. The van der Waals surface area contributed by atoms with Crippen LogP contribution in [0.4, 0.5) is 11.4 Å². The number of methoxy groups -OCH3 is 1. The predicted molar refractivity (Wildman–Crippen MR) is 90.9 cm³/mol. The third-order valence-electron chi connectivity index (χ3n) is 3.56. The fourth-order valence-corrected chi connectivity index (χ4v) is 2.20. The van der Waals surface area contributed by atoms with E-state index in [9.17, 15) is 9.59 Å². The second-order valence-corrected chi connectivity index (χ2v) is 5.09. The topological polar surface area (TPSA) is 49.9 Å². The molecule has 5 nitrogen and oxygen atoms in total. The molecular weight excluding hydrogens is 292 g/mol. The number of likely N-dealkylation sites (N-methyl/N-ethyl adjacent to an activating group) is 1. The molecule has 0 heterocycles. The van der Waals surface area contributed by atoms with Crippen LogP contribution in [-0.4, -0.2) is 32.5 Å². The van der Waals surface area contributed by atoms with Crippen molar-refractivity contribution in [3.05, 3.63) is 54.6 Å². The van der Waals surface area contributed by atoms with Crippen LogP contribution >= 0.6 is 0 Å². The Morgan fingerprint density at radius 2 is 1.65 bits per heavy atom. The van der Waals surface area contributed by atoms with Crippen LogP contribution in [0.1, 0.15) is 6.92 Å². The van der Waals surface area contributed by atoms with Gasteiger partial charge in [-0.25, -0.2) is 0 Å². The molecule has 0 N–H and O–H groups in total. The lowest BCUT2D eigenvalue weighted by Gasteiger charge is -2.24. The van der Waals surface area contributed by atoms with Gasteiger partial charge < -0.3 is 14.5 Å². The van der Waals surface area contributed by atoms with E-state index in [0.717, 1.165) is 5.69 Å². The van der Waals surface area contributed by atoms with Crippen molar-refractivity contribution in [2.75, 3.05) is 30.5 Å². The van der Waals surface area contributed by atoms with Gasteiger partial charge >= 0.3 is 0 Å². The highest BCUT2D eigenvalue weighted by Gasteiger charge is 2.19. The van der Waals surface area contributed by atoms with Gasteiger partial charge in [-0.05, 0) is 24.3 Å². The third-order valence-corrected chi connectivity index (χ3v) is 3.56. The fraction of sp³-hybridized carbons (Fsp3) is 0.222. The van der Waals surface area contributed by atoms with Gasteiger partial charge in [0.2, 0.25) is 11.8 Å². The van der Waals surface area contributed by atoms with Crippen LogP contribution in [0.3, 0.4) is 0 Å². The molecule has 0 aliphatic carbocycles. The Balaban J connectivity index is 2.19. The summed E-state index contributed by atoms with van der Waals surface area (Å²) in [5.74, 6) is 0.264. The standard InChI is InChI=1S/C18H20N2O3/c1-14(21)20(16-10-7-11-17(12-16)23-3)13-18(22)19(2)15-8-5-4-6-9-15/h4-12H,13H2,1-3H3. The van der Waals surface area contributed by atoms with Gasteiger partial charge in [0.15, 0.2) is 0 Å². The van der Waals surface area contributed by atoms with E-state index in [1.54, 1.807) is 38.4 Å². The number of carbonyl (C=O) groups is 2. The van der Waals surface area contributed by atoms with Gasteiger partial charge in [0.05, 0.1) is 7.11 Å². The Bertz CT molecular complexity index is 686. The number of rotatable bonds is 5. The zero-order chi connectivity index (χ0) is 16.8. The first kappa shape index (κ1) is 16.5. The number of amides is 2. The first-order valence-corrected chi connectivity index (χ1v) is 7.26. The maximum atomic E-state index is 12.5. The molecule has 0 aromatic heterocycles. The molecule has 2 rings (SSSR count). The van der Waals surface area contributed by atoms with Crippen molar-refractivity contribution in [2.24, 2.45) is 0 Å². The maximum Gasteiger partial charge on any atom is 0.246 e. The van der Waals surface area contributed by atoms with Crippen molar-refractivity contribution in [2.45, 2.75) is 6.92 Å². The zero-order valence-electron chi connectivity index (χ0n) is 13.5. The summed E-state index contributed by atoms with van der Waals surface area (Å²) >= 11 is 0. The average Bonchev–Trinajstić information content (AvgIpc) is 2.59. The quantitative estimate of drug-likeness (QED) is 0.853. The van der Waals surface area contributed by atoms with Gasteiger partial charge in [0.25, 0.3) is 0 Å². The monoisotopic (exact) mass is 312 g/mol. The Morgan fingerprint density at radius 3 is 2.26 bits per heavy atom. The van der Waals surface area contributed by atoms with Crippen molar-refractivity contribution >= 4 is 23.2 Å². The minimum Gasteiger partial charge on any atom is -0.497 e. The maximum absolute atomic E-state index is 12.5. The van der Waals surface area contributed by atoms with Crippen LogP contribution in [-0.2, 0) is 9.59 Å². The van der Waals surface area contributed by atoms with Crippen LogP contribution in [0.5, 0.6) is 5.75 Å². The lowest BCUT2D eigenvalue weighted by molar-refractivity contribution is -0.121. The number of hydrogen-bond acceptors (Lipinski definition) is 3. The van der Waals surface area contributed by atoms with Gasteiger partial charge in [-0.3, -0.25) is 9.59 Å². The predicted octanol–water partition coefficient (Wildman–Crippen LogP) is 2.71. The summed E-state index contributed by atoms with van der Waals surface area (Å²) in [5.41, 5.74) is 1.42. The van der Waals surface area contributed by atoms with Gasteiger partial charge in [0, 0.05) is 31.4 Å². The molecule has 2 aromatic carbocycles. The van der Waals surface area contributed by atoms with E-state index in [-0.39, 0.29) is 18.4 Å². The van der Waals surface area contributed by atoms with Crippen LogP contribution in [0, 0.1) is 0 Å². The van der Waals surface area contributed by atoms with Crippen LogP contribution < -0.4 is 14.5 Å². The SMILES string of the molecule is COc1cccc(N(CC(=O)N(C)c2ccccc2)C(C)=O)c1. The van der Waals surface area contributed by atoms with Crippen molar-refractivity contribution in [3.8, 4) is 5.75 Å². The summed E-state index contributed by atoms with van der Waals surface area (Å²) in [6.45, 7) is 1.41. The van der Waals surface area contributed by atoms with E-state index in [1.807, 2.05) is 30.3 Å². The third kappa shape index (κ3) is 4.10. The molecule has 0 aliphatic rings. The lowest BCUT2D eigenvalue weighted by atomic mass is 10.2. The summed E-state index contributed by atoms with van der Waals surface area (Å²) in [7, 11) is 3.26. The van der Waals surface area contributed by atoms with Gasteiger partial charge in [-0.15, -0.1) is 0 Å². The minimum absolute atomic E-state index is 0.0338. The van der Waals surface area contributed by atoms with Gasteiger partial charge in [0.1, 0.15) is 12.3 Å². The Labute approximate surface area is 136 Å². The van der Waals surface area contributed by atoms with E-state index in [4.69, 9.17) is 4.74 Å². The molecule has 0 aliphatic heterocycles. The summed E-state index contributed by atoms with van der Waals surface area (Å²) in [6, 6.07) is 16.4. The van der Waals surface area contributed by atoms with E-state index >= 15 is 0 Å². The first-order valence-electron chi connectivity index (χ1n) is 7.26. The number of benzene rings is 2. The van der Waals surface area contributed by atoms with E-state index in [0.29, 0.717) is 11.4 Å². The zero-order valence-corrected chi connectivity index (χ0v) is 13.5. The number of carbonyl (C=O) groups excluding carboxylic acids is 2. The molecule has 0 bridgehead atoms. The highest BCUT2D eigenvalue weighted by atomic mass is 16.5. The van der Waals surface area contributed by atoms with E-state index in [2.05, 4.69) is 0 Å². The summed E-state index contributed by atoms with van der Waals surface area (Å²) < 4.78 is 5.17. The second kappa shape index (κ2) is 7.45. The highest BCUT2D eigenvalue weighted by Crippen LogP contribution is 2.21. The number of nitrogens with zero attached hydrogens (tertiary/aromatic N) is 2. The Kier molecular flexibility index (Phi) is 5.36. The van der Waals surface area contributed by atoms with Crippen molar-refractivity contribution in [3.63, 3.8) is 0 Å². The molecule has 0 spiro atoms. The molecule has 0 radical (unpaired) electrons. The molecule has 23 heavy (non-hydrogen) atoms. The van der Waals surface area contributed by atoms with Crippen LogP contribution in [0.2, 0.25) is 0 Å². The molecule has 2 amide bonds. The molecule has 120 valence electrons. The molecule has 0 fully saturated rings. The largest absolute Gasteiger partial charge is 0.497 e. The Hall–Kier alpha value is -2.82. The summed E-state index contributed by atoms with van der Waals surface area (Å²) in [5, 5.41) is 0. The van der Waals surface area contributed by atoms with Crippen LogP contribution in [0.15, 0.2) is 54.6 Å². The lowest BCUT2D eigenvalue weighted by Crippen LogP contribution is -2.40. The fourth-order valence-electron chi connectivity index (χ4n) is 2.20. The Morgan fingerprint density at radius 1 is 1.00 bits per heavy atom. The number of para-hydroxylation sites is 1.